The van der Waals surface area contributed by atoms with Crippen LogP contribution in [-0.4, -0.2) is 64.7 Å². The maximum atomic E-state index is 11.2. The van der Waals surface area contributed by atoms with E-state index in [1.54, 1.807) is 21.1 Å². The molecule has 0 aliphatic heterocycles. The van der Waals surface area contributed by atoms with E-state index in [-0.39, 0.29) is 4.48 Å². The third-order valence-corrected chi connectivity index (χ3v) is 2.73. The largest absolute Gasteiger partial charge is 0.476 e. The first-order valence-corrected chi connectivity index (χ1v) is 4.49. The van der Waals surface area contributed by atoms with E-state index >= 15 is 0 Å². The lowest BCUT2D eigenvalue weighted by molar-refractivity contribution is -0.921. The number of aliphatic carboxylic acids is 1. The summed E-state index contributed by atoms with van der Waals surface area (Å²) in [5.74, 6) is -1.20. The van der Waals surface area contributed by atoms with Crippen LogP contribution in [0, 0.1) is 0 Å². The average molecular weight is 206 g/mol. The highest BCUT2D eigenvalue weighted by Gasteiger charge is 2.58. The van der Waals surface area contributed by atoms with Gasteiger partial charge in [-0.05, 0) is 13.8 Å². The third kappa shape index (κ3) is 1.75. The monoisotopic (exact) mass is 206 g/mol. The quantitative estimate of drug-likeness (QED) is 0.530. The van der Waals surface area contributed by atoms with E-state index in [0.29, 0.717) is 0 Å². The zero-order chi connectivity index (χ0) is 11.7. The fourth-order valence-corrected chi connectivity index (χ4v) is 2.11. The van der Waals surface area contributed by atoms with Crippen molar-refractivity contribution < 1.29 is 24.6 Å². The lowest BCUT2D eigenvalue weighted by atomic mass is 9.84. The van der Waals surface area contributed by atoms with Gasteiger partial charge in [-0.25, -0.2) is 4.79 Å². The molecule has 3 N–H and O–H groups in total. The molecule has 84 valence electrons. The maximum Gasteiger partial charge on any atom is 0.371 e. The third-order valence-electron chi connectivity index (χ3n) is 2.73. The van der Waals surface area contributed by atoms with Crippen LogP contribution < -0.4 is 0 Å². The first-order valence-electron chi connectivity index (χ1n) is 4.49. The molecule has 14 heavy (non-hydrogen) atoms. The maximum absolute atomic E-state index is 11.2. The van der Waals surface area contributed by atoms with Crippen molar-refractivity contribution >= 4 is 5.97 Å². The zero-order valence-electron chi connectivity index (χ0n) is 9.35. The molecular formula is C9H20NO4+. The number of carboxylic acid groups (broad SMARTS) is 1. The van der Waals surface area contributed by atoms with Crippen molar-refractivity contribution in [2.24, 2.45) is 0 Å². The van der Waals surface area contributed by atoms with E-state index in [0.717, 1.165) is 0 Å². The second kappa shape index (κ2) is 3.84. The van der Waals surface area contributed by atoms with Crippen LogP contribution in [-0.2, 0) is 4.79 Å². The highest BCUT2D eigenvalue weighted by atomic mass is 16.4. The minimum absolute atomic E-state index is 0.0440. The van der Waals surface area contributed by atoms with Crippen LogP contribution in [0.4, 0.5) is 0 Å². The number of aliphatic hydroxyl groups is 2. The number of aliphatic hydroxyl groups excluding tert-OH is 2. The molecule has 0 spiro atoms. The number of likely N-dealkylation sites (N-methyl/N-ethyl adjacent to an activating group) is 1. The summed E-state index contributed by atoms with van der Waals surface area (Å²) in [6, 6.07) is 0. The molecule has 2 unspecified atom stereocenters. The van der Waals surface area contributed by atoms with Crippen LogP contribution in [0.15, 0.2) is 0 Å². The summed E-state index contributed by atoms with van der Waals surface area (Å²) in [5, 5.41) is 28.3. The van der Waals surface area contributed by atoms with Gasteiger partial charge in [0.2, 0.25) is 5.54 Å². The predicted octanol–water partition coefficient (Wildman–Crippen LogP) is -0.722. The summed E-state index contributed by atoms with van der Waals surface area (Å²) in [5.41, 5.74) is -1.60. The van der Waals surface area contributed by atoms with Crippen LogP contribution in [0.25, 0.3) is 0 Å². The minimum atomic E-state index is -1.60. The van der Waals surface area contributed by atoms with E-state index in [4.69, 9.17) is 5.11 Å². The Morgan fingerprint density at radius 1 is 1.14 bits per heavy atom. The second-order valence-electron chi connectivity index (χ2n) is 4.49. The summed E-state index contributed by atoms with van der Waals surface area (Å²) in [6.07, 6.45) is -2.28. The van der Waals surface area contributed by atoms with Crippen molar-refractivity contribution in [1.29, 1.82) is 0 Å². The van der Waals surface area contributed by atoms with Crippen molar-refractivity contribution in [3.63, 3.8) is 0 Å². The molecule has 0 saturated heterocycles. The van der Waals surface area contributed by atoms with Crippen molar-refractivity contribution in [2.45, 2.75) is 31.6 Å². The summed E-state index contributed by atoms with van der Waals surface area (Å²) in [6.45, 7) is 2.76. The normalized spacial score (nSPS) is 21.1. The Bertz CT molecular complexity index is 209. The number of nitrogens with zero attached hydrogens (tertiary/aromatic N) is 1. The molecule has 5 heteroatoms. The molecule has 0 fully saturated rings. The number of rotatable bonds is 4. The van der Waals surface area contributed by atoms with E-state index in [1.807, 2.05) is 0 Å². The molecule has 0 radical (unpaired) electrons. The predicted molar refractivity (Wildman–Crippen MR) is 51.8 cm³/mol. The molecule has 0 bridgehead atoms. The highest BCUT2D eigenvalue weighted by molar-refractivity contribution is 5.79. The van der Waals surface area contributed by atoms with E-state index in [1.165, 1.54) is 13.8 Å². The molecule has 0 saturated carbocycles. The van der Waals surface area contributed by atoms with Crippen molar-refractivity contribution in [3.8, 4) is 0 Å². The smallest absolute Gasteiger partial charge is 0.371 e. The molecule has 0 aliphatic carbocycles. The Balaban J connectivity index is 5.53. The molecule has 2 atom stereocenters. The summed E-state index contributed by atoms with van der Waals surface area (Å²) < 4.78 is -0.0440. The Labute approximate surface area is 84.2 Å². The van der Waals surface area contributed by atoms with Gasteiger partial charge in [0, 0.05) is 0 Å². The number of hydrogen-bond donors (Lipinski definition) is 3. The Hall–Kier alpha value is -0.650. The van der Waals surface area contributed by atoms with Crippen molar-refractivity contribution in [2.75, 3.05) is 21.1 Å². The van der Waals surface area contributed by atoms with Gasteiger partial charge in [-0.1, -0.05) is 0 Å². The first-order chi connectivity index (χ1) is 6.08. The zero-order valence-corrected chi connectivity index (χ0v) is 9.35. The van der Waals surface area contributed by atoms with E-state index < -0.39 is 23.7 Å². The molecular weight excluding hydrogens is 186 g/mol. The molecule has 0 aromatic heterocycles. The Morgan fingerprint density at radius 3 is 1.43 bits per heavy atom. The molecule has 0 aliphatic rings. The lowest BCUT2D eigenvalue weighted by Gasteiger charge is -2.46. The number of hydrogen-bond acceptors (Lipinski definition) is 3. The highest BCUT2D eigenvalue weighted by Crippen LogP contribution is 2.27. The molecule has 0 aromatic carbocycles. The molecule has 5 nitrogen and oxygen atoms in total. The number of quaternary nitrogens is 1. The summed E-state index contributed by atoms with van der Waals surface area (Å²) >= 11 is 0. The summed E-state index contributed by atoms with van der Waals surface area (Å²) in [7, 11) is 4.90. The van der Waals surface area contributed by atoms with Gasteiger partial charge in [-0.3, -0.25) is 0 Å². The molecule has 0 heterocycles. The van der Waals surface area contributed by atoms with Crippen molar-refractivity contribution in [3.05, 3.63) is 0 Å². The van der Waals surface area contributed by atoms with Gasteiger partial charge in [0.25, 0.3) is 0 Å². The molecule has 0 amide bonds. The number of carboxylic acids is 1. The Morgan fingerprint density at radius 2 is 1.43 bits per heavy atom. The van der Waals surface area contributed by atoms with E-state index in [9.17, 15) is 15.0 Å². The minimum Gasteiger partial charge on any atom is -0.476 e. The van der Waals surface area contributed by atoms with Crippen LogP contribution in [0.5, 0.6) is 0 Å². The van der Waals surface area contributed by atoms with Gasteiger partial charge in [0.1, 0.15) is 12.2 Å². The van der Waals surface area contributed by atoms with Gasteiger partial charge in [0.15, 0.2) is 0 Å². The van der Waals surface area contributed by atoms with Gasteiger partial charge < -0.3 is 19.8 Å². The van der Waals surface area contributed by atoms with Crippen LogP contribution >= 0.6 is 0 Å². The molecule has 0 rings (SSSR count). The fraction of sp³-hybridized carbons (Fsp3) is 0.889. The SMILES string of the molecule is CC(O)C(C(=O)O)(C(C)O)[N+](C)(C)C. The lowest BCUT2D eigenvalue weighted by Crippen LogP contribution is -2.72. The van der Waals surface area contributed by atoms with Gasteiger partial charge in [-0.2, -0.15) is 0 Å². The second-order valence-corrected chi connectivity index (χ2v) is 4.49. The average Bonchev–Trinajstić information content (AvgIpc) is 1.79. The van der Waals surface area contributed by atoms with Crippen molar-refractivity contribution in [1.82, 2.24) is 0 Å². The first kappa shape index (κ1) is 13.4. The van der Waals surface area contributed by atoms with Gasteiger partial charge in [0.05, 0.1) is 21.1 Å². The number of carbonyl (C=O) groups is 1. The van der Waals surface area contributed by atoms with E-state index in [2.05, 4.69) is 0 Å². The van der Waals surface area contributed by atoms with Crippen LogP contribution in [0.2, 0.25) is 0 Å². The van der Waals surface area contributed by atoms with Gasteiger partial charge >= 0.3 is 5.97 Å². The fourth-order valence-electron chi connectivity index (χ4n) is 2.11. The Kier molecular flexibility index (Phi) is 3.66. The molecule has 0 aromatic rings. The van der Waals surface area contributed by atoms with Crippen LogP contribution in [0.1, 0.15) is 13.8 Å². The van der Waals surface area contributed by atoms with Gasteiger partial charge in [-0.15, -0.1) is 0 Å². The standard InChI is InChI=1S/C9H19NO4/c1-6(11)9(7(2)12,8(13)14)10(3,4)5/h6-7,11-12H,1-5H3/p+1. The summed E-state index contributed by atoms with van der Waals surface area (Å²) in [4.78, 5) is 11.2. The van der Waals surface area contributed by atoms with Crippen LogP contribution in [0.3, 0.4) is 0 Å². The topological polar surface area (TPSA) is 77.8 Å².